The fourth-order valence-electron chi connectivity index (χ4n) is 1.89. The third-order valence-electron chi connectivity index (χ3n) is 3.06. The molecule has 0 spiro atoms. The molecule has 1 N–H and O–H groups in total. The van der Waals surface area contributed by atoms with Crippen LogP contribution in [0, 0.1) is 0 Å². The van der Waals surface area contributed by atoms with Gasteiger partial charge in [-0.1, -0.05) is 74.4 Å². The summed E-state index contributed by atoms with van der Waals surface area (Å²) < 4.78 is 1.60. The number of halogens is 3. The average molecular weight is 475 g/mol. The Kier molecular flexibility index (Phi) is 6.35. The average Bonchev–Trinajstić information content (AvgIpc) is 3.03. The van der Waals surface area contributed by atoms with Crippen LogP contribution < -0.4 is 5.32 Å². The van der Waals surface area contributed by atoms with Gasteiger partial charge in [-0.05, 0) is 35.9 Å². The molecule has 3 aromatic rings. The standard InChI is InChI=1S/C16H10BrCl2N3OS2/c17-11-3-1-2-10(7-11)14(23)20-15-21-22-16(25-15)24-8-9-4-5-12(18)13(19)6-9/h1-7H,8H2,(H,20,21,23). The van der Waals surface area contributed by atoms with Crippen molar-refractivity contribution in [2.75, 3.05) is 5.32 Å². The number of amides is 1. The van der Waals surface area contributed by atoms with Crippen LogP contribution in [-0.2, 0) is 5.75 Å². The highest BCUT2D eigenvalue weighted by Gasteiger charge is 2.11. The Bertz CT molecular complexity index is 920. The third kappa shape index (κ3) is 5.18. The monoisotopic (exact) mass is 473 g/mol. The number of nitrogens with one attached hydrogen (secondary N) is 1. The number of carbonyl (C=O) groups is 1. The number of rotatable bonds is 5. The highest BCUT2D eigenvalue weighted by atomic mass is 79.9. The molecule has 128 valence electrons. The molecule has 0 bridgehead atoms. The van der Waals surface area contributed by atoms with Crippen molar-refractivity contribution in [3.05, 3.63) is 68.1 Å². The Morgan fingerprint density at radius 2 is 2.00 bits per heavy atom. The van der Waals surface area contributed by atoms with Gasteiger partial charge in [0.15, 0.2) is 4.34 Å². The number of anilines is 1. The largest absolute Gasteiger partial charge is 0.296 e. The fraction of sp³-hybridized carbons (Fsp3) is 0.0625. The Balaban J connectivity index is 1.60. The Hall–Kier alpha value is -1.12. The smallest absolute Gasteiger partial charge is 0.257 e. The van der Waals surface area contributed by atoms with Crippen molar-refractivity contribution in [1.82, 2.24) is 10.2 Å². The fourth-order valence-corrected chi connectivity index (χ4v) is 4.30. The van der Waals surface area contributed by atoms with Crippen LogP contribution in [0.3, 0.4) is 0 Å². The van der Waals surface area contributed by atoms with Gasteiger partial charge >= 0.3 is 0 Å². The molecule has 0 atom stereocenters. The molecule has 9 heteroatoms. The summed E-state index contributed by atoms with van der Waals surface area (Å²) in [6, 6.07) is 12.7. The van der Waals surface area contributed by atoms with Gasteiger partial charge in [0.1, 0.15) is 0 Å². The molecule has 2 aromatic carbocycles. The molecule has 3 rings (SSSR count). The molecule has 0 radical (unpaired) electrons. The van der Waals surface area contributed by atoms with Gasteiger partial charge in [-0.15, -0.1) is 10.2 Å². The van der Waals surface area contributed by atoms with Gasteiger partial charge in [0.05, 0.1) is 10.0 Å². The lowest BCUT2D eigenvalue weighted by atomic mass is 10.2. The Labute approximate surface area is 171 Å². The molecule has 0 fully saturated rings. The molecule has 1 heterocycles. The zero-order chi connectivity index (χ0) is 17.8. The van der Waals surface area contributed by atoms with Crippen molar-refractivity contribution >= 4 is 73.3 Å². The number of hydrogen-bond donors (Lipinski definition) is 1. The molecular formula is C16H10BrCl2N3OS2. The summed E-state index contributed by atoms with van der Waals surface area (Å²) in [7, 11) is 0. The summed E-state index contributed by atoms with van der Waals surface area (Å²) >= 11 is 18.1. The minimum atomic E-state index is -0.224. The highest BCUT2D eigenvalue weighted by molar-refractivity contribution is 9.10. The number of carbonyl (C=O) groups excluding carboxylic acids is 1. The molecule has 25 heavy (non-hydrogen) atoms. The predicted molar refractivity (Wildman–Crippen MR) is 108 cm³/mol. The lowest BCUT2D eigenvalue weighted by Gasteiger charge is -2.01. The van der Waals surface area contributed by atoms with E-state index in [0.717, 1.165) is 14.4 Å². The maximum Gasteiger partial charge on any atom is 0.257 e. The minimum absolute atomic E-state index is 0.224. The maximum absolute atomic E-state index is 12.2. The molecule has 0 saturated carbocycles. The summed E-state index contributed by atoms with van der Waals surface area (Å²) in [6.45, 7) is 0. The second-order valence-electron chi connectivity index (χ2n) is 4.87. The highest BCUT2D eigenvalue weighted by Crippen LogP contribution is 2.30. The zero-order valence-electron chi connectivity index (χ0n) is 12.5. The maximum atomic E-state index is 12.2. The van der Waals surface area contributed by atoms with Gasteiger partial charge in [-0.25, -0.2) is 0 Å². The molecule has 0 aliphatic heterocycles. The van der Waals surface area contributed by atoms with Gasteiger partial charge < -0.3 is 0 Å². The van der Waals surface area contributed by atoms with E-state index in [1.165, 1.54) is 23.1 Å². The molecule has 1 aromatic heterocycles. The van der Waals surface area contributed by atoms with Crippen LogP contribution in [0.15, 0.2) is 51.3 Å². The number of nitrogens with zero attached hydrogens (tertiary/aromatic N) is 2. The second kappa shape index (κ2) is 8.51. The van der Waals surface area contributed by atoms with E-state index in [-0.39, 0.29) is 5.91 Å². The summed E-state index contributed by atoms with van der Waals surface area (Å²) in [5, 5.41) is 12.4. The van der Waals surface area contributed by atoms with Gasteiger partial charge in [0, 0.05) is 15.8 Å². The predicted octanol–water partition coefficient (Wildman–Crippen LogP) is 6.15. The van der Waals surface area contributed by atoms with E-state index in [4.69, 9.17) is 23.2 Å². The molecule has 0 aliphatic rings. The zero-order valence-corrected chi connectivity index (χ0v) is 17.2. The molecule has 0 unspecified atom stereocenters. The van der Waals surface area contributed by atoms with Crippen molar-refractivity contribution in [3.8, 4) is 0 Å². The van der Waals surface area contributed by atoms with Gasteiger partial charge in [-0.3, -0.25) is 10.1 Å². The van der Waals surface area contributed by atoms with Crippen molar-refractivity contribution in [3.63, 3.8) is 0 Å². The van der Waals surface area contributed by atoms with Crippen molar-refractivity contribution in [2.45, 2.75) is 10.1 Å². The lowest BCUT2D eigenvalue weighted by molar-refractivity contribution is 0.102. The first-order valence-corrected chi connectivity index (χ1v) is 10.3. The molecule has 4 nitrogen and oxygen atoms in total. The minimum Gasteiger partial charge on any atom is -0.296 e. The topological polar surface area (TPSA) is 54.9 Å². The number of thioether (sulfide) groups is 1. The van der Waals surface area contributed by atoms with Crippen LogP contribution in [0.2, 0.25) is 10.0 Å². The normalized spacial score (nSPS) is 10.7. The summed E-state index contributed by atoms with van der Waals surface area (Å²) in [4.78, 5) is 12.2. The van der Waals surface area contributed by atoms with Crippen LogP contribution in [0.25, 0.3) is 0 Å². The first kappa shape index (κ1) is 18.7. The van der Waals surface area contributed by atoms with E-state index in [1.807, 2.05) is 18.2 Å². The van der Waals surface area contributed by atoms with Crippen molar-refractivity contribution < 1.29 is 4.79 Å². The van der Waals surface area contributed by atoms with Gasteiger partial charge in [0.2, 0.25) is 5.13 Å². The first-order chi connectivity index (χ1) is 12.0. The first-order valence-electron chi connectivity index (χ1n) is 6.98. The second-order valence-corrected chi connectivity index (χ2v) is 8.80. The van der Waals surface area contributed by atoms with Crippen LogP contribution in [0.5, 0.6) is 0 Å². The quantitative estimate of drug-likeness (QED) is 0.355. The number of aromatic nitrogens is 2. The van der Waals surface area contributed by atoms with E-state index >= 15 is 0 Å². The SMILES string of the molecule is O=C(Nc1nnc(SCc2ccc(Cl)c(Cl)c2)s1)c1cccc(Br)c1. The van der Waals surface area contributed by atoms with Gasteiger partial charge in [0.25, 0.3) is 5.91 Å². The third-order valence-corrected chi connectivity index (χ3v) is 6.34. The summed E-state index contributed by atoms with van der Waals surface area (Å²) in [5.41, 5.74) is 1.59. The van der Waals surface area contributed by atoms with Crippen LogP contribution in [0.1, 0.15) is 15.9 Å². The van der Waals surface area contributed by atoms with E-state index in [0.29, 0.717) is 26.5 Å². The Morgan fingerprint density at radius 3 is 2.76 bits per heavy atom. The van der Waals surface area contributed by atoms with E-state index in [2.05, 4.69) is 31.4 Å². The molecule has 0 aliphatic carbocycles. The van der Waals surface area contributed by atoms with Crippen LogP contribution in [-0.4, -0.2) is 16.1 Å². The summed E-state index contributed by atoms with van der Waals surface area (Å²) in [6.07, 6.45) is 0. The van der Waals surface area contributed by atoms with Crippen molar-refractivity contribution in [1.29, 1.82) is 0 Å². The van der Waals surface area contributed by atoms with Crippen LogP contribution >= 0.6 is 62.2 Å². The van der Waals surface area contributed by atoms with Crippen LogP contribution in [0.4, 0.5) is 5.13 Å². The molecular weight excluding hydrogens is 465 g/mol. The van der Waals surface area contributed by atoms with Gasteiger partial charge in [-0.2, -0.15) is 0 Å². The van der Waals surface area contributed by atoms with E-state index in [9.17, 15) is 4.79 Å². The molecule has 0 saturated heterocycles. The molecule has 1 amide bonds. The number of benzene rings is 2. The lowest BCUT2D eigenvalue weighted by Crippen LogP contribution is -2.11. The van der Waals surface area contributed by atoms with Crippen molar-refractivity contribution in [2.24, 2.45) is 0 Å². The summed E-state index contributed by atoms with van der Waals surface area (Å²) in [5.74, 6) is 0.462. The van der Waals surface area contributed by atoms with E-state index < -0.39 is 0 Å². The number of hydrogen-bond acceptors (Lipinski definition) is 5. The van der Waals surface area contributed by atoms with E-state index in [1.54, 1.807) is 24.3 Å². The Morgan fingerprint density at radius 1 is 1.16 bits per heavy atom.